The summed E-state index contributed by atoms with van der Waals surface area (Å²) in [6.07, 6.45) is 0.544. The third kappa shape index (κ3) is 3.95. The molecule has 0 aromatic heterocycles. The van der Waals surface area contributed by atoms with Crippen LogP contribution in [0.1, 0.15) is 37.5 Å². The number of carbonyl (C=O) groups excluding carboxylic acids is 1. The highest BCUT2D eigenvalue weighted by Gasteiger charge is 2.37. The first-order valence-electron chi connectivity index (χ1n) is 9.87. The first-order valence-corrected chi connectivity index (χ1v) is 9.87. The molecule has 6 heteroatoms. The fourth-order valence-corrected chi connectivity index (χ4v) is 3.90. The average molecular weight is 380 g/mol. The Bertz CT molecular complexity index is 797. The van der Waals surface area contributed by atoms with Gasteiger partial charge in [-0.2, -0.15) is 5.48 Å². The van der Waals surface area contributed by atoms with Crippen molar-refractivity contribution in [3.63, 3.8) is 0 Å². The minimum Gasteiger partial charge on any atom is -0.349 e. The quantitative estimate of drug-likeness (QED) is 0.743. The molecular weight excluding hydrogens is 352 g/mol. The number of nitrogens with one attached hydrogen (secondary N) is 3. The Kier molecular flexibility index (Phi) is 5.46. The molecule has 4 rings (SSSR count). The van der Waals surface area contributed by atoms with Gasteiger partial charge in [-0.1, -0.05) is 60.7 Å². The van der Waals surface area contributed by atoms with Gasteiger partial charge in [0.1, 0.15) is 12.1 Å². The van der Waals surface area contributed by atoms with Crippen molar-refractivity contribution >= 4 is 5.91 Å². The monoisotopic (exact) mass is 380 g/mol. The number of carbonyl (C=O) groups is 1. The van der Waals surface area contributed by atoms with Gasteiger partial charge in [-0.15, -0.1) is 0 Å². The van der Waals surface area contributed by atoms with Crippen LogP contribution in [0.2, 0.25) is 0 Å². The van der Waals surface area contributed by atoms with Crippen molar-refractivity contribution < 1.29 is 9.63 Å². The van der Waals surface area contributed by atoms with Crippen LogP contribution in [0.25, 0.3) is 0 Å². The lowest BCUT2D eigenvalue weighted by Crippen LogP contribution is -2.48. The van der Waals surface area contributed by atoms with Crippen LogP contribution in [0.3, 0.4) is 0 Å². The van der Waals surface area contributed by atoms with Gasteiger partial charge in [-0.05, 0) is 25.0 Å². The van der Waals surface area contributed by atoms with Crippen LogP contribution in [-0.2, 0) is 15.2 Å². The van der Waals surface area contributed by atoms with Crippen LogP contribution >= 0.6 is 0 Å². The van der Waals surface area contributed by atoms with Crippen LogP contribution in [0.4, 0.5) is 0 Å². The summed E-state index contributed by atoms with van der Waals surface area (Å²) >= 11 is 0. The Morgan fingerprint density at radius 3 is 2.50 bits per heavy atom. The van der Waals surface area contributed by atoms with Crippen molar-refractivity contribution in [1.29, 1.82) is 0 Å². The van der Waals surface area contributed by atoms with Crippen molar-refractivity contribution in [3.8, 4) is 0 Å². The molecule has 2 aromatic rings. The number of hydroxylamine groups is 1. The second kappa shape index (κ2) is 8.01. The highest BCUT2D eigenvalue weighted by atomic mass is 16.7. The summed E-state index contributed by atoms with van der Waals surface area (Å²) in [4.78, 5) is 18.3. The Morgan fingerprint density at radius 1 is 1.11 bits per heavy atom. The molecule has 148 valence electrons. The molecular formula is C22H28N4O2. The van der Waals surface area contributed by atoms with Gasteiger partial charge >= 0.3 is 0 Å². The molecule has 2 saturated heterocycles. The molecule has 2 heterocycles. The molecule has 0 spiro atoms. The summed E-state index contributed by atoms with van der Waals surface area (Å²) in [7, 11) is 0. The third-order valence-corrected chi connectivity index (χ3v) is 5.72. The lowest BCUT2D eigenvalue weighted by Gasteiger charge is -2.35. The van der Waals surface area contributed by atoms with E-state index in [9.17, 15) is 4.79 Å². The fraction of sp³-hybridized carbons (Fsp3) is 0.409. The van der Waals surface area contributed by atoms with E-state index in [1.807, 2.05) is 36.4 Å². The first kappa shape index (κ1) is 19.1. The van der Waals surface area contributed by atoms with E-state index in [1.54, 1.807) is 0 Å². The van der Waals surface area contributed by atoms with E-state index in [4.69, 9.17) is 4.84 Å². The Balaban J connectivity index is 1.32. The van der Waals surface area contributed by atoms with E-state index >= 15 is 0 Å². The maximum Gasteiger partial charge on any atom is 0.239 e. The molecule has 2 aliphatic rings. The summed E-state index contributed by atoms with van der Waals surface area (Å²) in [6, 6.07) is 20.1. The van der Waals surface area contributed by atoms with Crippen molar-refractivity contribution in [1.82, 2.24) is 21.2 Å². The number of hydrogen-bond acceptors (Lipinski definition) is 5. The topological polar surface area (TPSA) is 65.6 Å². The van der Waals surface area contributed by atoms with Gasteiger partial charge in [-0.25, -0.2) is 5.01 Å². The average Bonchev–Trinajstić information content (AvgIpc) is 3.39. The van der Waals surface area contributed by atoms with Crippen molar-refractivity contribution in [3.05, 3.63) is 71.8 Å². The molecule has 0 saturated carbocycles. The largest absolute Gasteiger partial charge is 0.349 e. The van der Waals surface area contributed by atoms with Crippen LogP contribution in [0.5, 0.6) is 0 Å². The highest BCUT2D eigenvalue weighted by Crippen LogP contribution is 2.29. The van der Waals surface area contributed by atoms with Gasteiger partial charge in [-0.3, -0.25) is 15.1 Å². The number of amides is 1. The van der Waals surface area contributed by atoms with E-state index in [1.165, 1.54) is 5.56 Å². The molecule has 3 atom stereocenters. The van der Waals surface area contributed by atoms with Crippen molar-refractivity contribution in [2.24, 2.45) is 0 Å². The SMILES string of the molecule is CC(C)(c1ccccc1)N1CC(NC(=O)C2CC(c3ccccc3)ON2)CN1. The van der Waals surface area contributed by atoms with Crippen LogP contribution in [-0.4, -0.2) is 36.1 Å². The van der Waals surface area contributed by atoms with Crippen LogP contribution < -0.4 is 16.2 Å². The van der Waals surface area contributed by atoms with Gasteiger partial charge in [0, 0.05) is 19.5 Å². The van der Waals surface area contributed by atoms with E-state index in [0.717, 1.165) is 18.7 Å². The Labute approximate surface area is 166 Å². The van der Waals surface area contributed by atoms with Crippen LogP contribution in [0.15, 0.2) is 60.7 Å². The smallest absolute Gasteiger partial charge is 0.239 e. The van der Waals surface area contributed by atoms with Crippen molar-refractivity contribution in [2.75, 3.05) is 13.1 Å². The van der Waals surface area contributed by atoms with E-state index < -0.39 is 0 Å². The van der Waals surface area contributed by atoms with Gasteiger partial charge in [0.2, 0.25) is 5.91 Å². The summed E-state index contributed by atoms with van der Waals surface area (Å²) < 4.78 is 0. The minimum atomic E-state index is -0.332. The van der Waals surface area contributed by atoms with E-state index in [2.05, 4.69) is 59.3 Å². The molecule has 0 bridgehead atoms. The number of rotatable bonds is 5. The van der Waals surface area contributed by atoms with Gasteiger partial charge in [0.25, 0.3) is 0 Å². The molecule has 0 aliphatic carbocycles. The number of hydrazine groups is 1. The van der Waals surface area contributed by atoms with E-state index in [0.29, 0.717) is 6.42 Å². The predicted octanol–water partition coefficient (Wildman–Crippen LogP) is 2.26. The molecule has 0 radical (unpaired) electrons. The number of nitrogens with zero attached hydrogens (tertiary/aromatic N) is 1. The lowest BCUT2D eigenvalue weighted by molar-refractivity contribution is -0.124. The number of benzene rings is 2. The Morgan fingerprint density at radius 2 is 1.79 bits per heavy atom. The van der Waals surface area contributed by atoms with Gasteiger partial charge < -0.3 is 5.32 Å². The molecule has 2 aromatic carbocycles. The van der Waals surface area contributed by atoms with E-state index in [-0.39, 0.29) is 29.6 Å². The maximum absolute atomic E-state index is 12.7. The summed E-state index contributed by atoms with van der Waals surface area (Å²) in [6.45, 7) is 5.85. The molecule has 28 heavy (non-hydrogen) atoms. The van der Waals surface area contributed by atoms with Gasteiger partial charge in [0.15, 0.2) is 0 Å². The van der Waals surface area contributed by atoms with Crippen molar-refractivity contribution in [2.45, 2.75) is 44.0 Å². The molecule has 1 amide bonds. The molecule has 3 unspecified atom stereocenters. The summed E-state index contributed by atoms with van der Waals surface area (Å²) in [5.74, 6) is -0.00963. The zero-order valence-electron chi connectivity index (χ0n) is 16.4. The van der Waals surface area contributed by atoms with Crippen LogP contribution in [0, 0.1) is 0 Å². The first-order chi connectivity index (χ1) is 13.5. The number of hydrogen-bond donors (Lipinski definition) is 3. The zero-order valence-corrected chi connectivity index (χ0v) is 16.4. The molecule has 3 N–H and O–H groups in total. The zero-order chi connectivity index (χ0) is 19.6. The summed E-state index contributed by atoms with van der Waals surface area (Å²) in [5, 5.41) is 5.37. The second-order valence-electron chi connectivity index (χ2n) is 8.03. The summed E-state index contributed by atoms with van der Waals surface area (Å²) in [5.41, 5.74) is 8.51. The Hall–Kier alpha value is -2.25. The standard InChI is InChI=1S/C22H28N4O2/c1-22(2,17-11-7-4-8-12-17)26-15-18(14-23-26)24-21(27)19-13-20(28-25-19)16-9-5-3-6-10-16/h3-12,18-20,23,25H,13-15H2,1-2H3,(H,24,27). The molecule has 2 fully saturated rings. The predicted molar refractivity (Wildman–Crippen MR) is 108 cm³/mol. The maximum atomic E-state index is 12.7. The minimum absolute atomic E-state index is 0.00963. The molecule has 2 aliphatic heterocycles. The lowest BCUT2D eigenvalue weighted by atomic mass is 9.93. The fourth-order valence-electron chi connectivity index (χ4n) is 3.90. The highest BCUT2D eigenvalue weighted by molar-refractivity contribution is 5.82. The van der Waals surface area contributed by atoms with Gasteiger partial charge in [0.05, 0.1) is 11.6 Å². The normalized spacial score (nSPS) is 25.7. The third-order valence-electron chi connectivity index (χ3n) is 5.72. The second-order valence-corrected chi connectivity index (χ2v) is 8.03. The molecule has 6 nitrogen and oxygen atoms in total.